The SMILES string of the molecule is CC(=O)c1ccc2c(c1)oc(=O)n2Cc1cccc(F)c1. The molecule has 0 bridgehead atoms. The maximum atomic E-state index is 13.2. The van der Waals surface area contributed by atoms with Crippen molar-refractivity contribution in [1.82, 2.24) is 4.57 Å². The Balaban J connectivity index is 2.08. The summed E-state index contributed by atoms with van der Waals surface area (Å²) in [6.07, 6.45) is 0. The number of nitrogens with zero attached hydrogens (tertiary/aromatic N) is 1. The van der Waals surface area contributed by atoms with Crippen molar-refractivity contribution in [3.8, 4) is 0 Å². The van der Waals surface area contributed by atoms with E-state index in [2.05, 4.69) is 0 Å². The van der Waals surface area contributed by atoms with Crippen LogP contribution in [0.2, 0.25) is 0 Å². The number of benzene rings is 2. The van der Waals surface area contributed by atoms with Crippen LogP contribution >= 0.6 is 0 Å². The van der Waals surface area contributed by atoms with E-state index in [1.165, 1.54) is 23.6 Å². The lowest BCUT2D eigenvalue weighted by Crippen LogP contribution is -2.14. The number of carbonyl (C=O) groups excluding carboxylic acids is 1. The zero-order valence-electron chi connectivity index (χ0n) is 11.3. The smallest absolute Gasteiger partial charge is 0.408 e. The fourth-order valence-corrected chi connectivity index (χ4v) is 2.25. The number of ketones is 1. The third-order valence-corrected chi connectivity index (χ3v) is 3.30. The van der Waals surface area contributed by atoms with Gasteiger partial charge >= 0.3 is 5.76 Å². The first kappa shape index (κ1) is 13.3. The van der Waals surface area contributed by atoms with E-state index < -0.39 is 5.76 Å². The third-order valence-electron chi connectivity index (χ3n) is 3.30. The maximum absolute atomic E-state index is 13.2. The summed E-state index contributed by atoms with van der Waals surface area (Å²) in [7, 11) is 0. The van der Waals surface area contributed by atoms with Crippen molar-refractivity contribution in [3.05, 3.63) is 70.0 Å². The molecule has 2 aromatic carbocycles. The second-order valence-electron chi connectivity index (χ2n) is 4.82. The monoisotopic (exact) mass is 285 g/mol. The van der Waals surface area contributed by atoms with Crippen LogP contribution in [0, 0.1) is 5.82 Å². The molecule has 0 spiro atoms. The minimum Gasteiger partial charge on any atom is -0.408 e. The molecule has 0 fully saturated rings. The number of fused-ring (bicyclic) bond motifs is 1. The number of oxazole rings is 1. The minimum atomic E-state index is -0.532. The van der Waals surface area contributed by atoms with Gasteiger partial charge in [0, 0.05) is 5.56 Å². The standard InChI is InChI=1S/C16H12FNO3/c1-10(19)12-5-6-14-15(8-12)21-16(20)18(14)9-11-3-2-4-13(17)7-11/h2-8H,9H2,1H3. The lowest BCUT2D eigenvalue weighted by molar-refractivity contribution is 0.101. The van der Waals surface area contributed by atoms with Gasteiger partial charge < -0.3 is 4.42 Å². The van der Waals surface area contributed by atoms with Gasteiger partial charge in [-0.3, -0.25) is 9.36 Å². The fourth-order valence-electron chi connectivity index (χ4n) is 2.25. The van der Waals surface area contributed by atoms with Crippen molar-refractivity contribution in [2.75, 3.05) is 0 Å². The van der Waals surface area contributed by atoms with Gasteiger partial charge in [-0.25, -0.2) is 9.18 Å². The molecule has 0 radical (unpaired) electrons. The van der Waals surface area contributed by atoms with Crippen LogP contribution < -0.4 is 5.76 Å². The molecule has 1 heterocycles. The number of halogens is 1. The average Bonchev–Trinajstić information content (AvgIpc) is 2.74. The van der Waals surface area contributed by atoms with Gasteiger partial charge in [0.05, 0.1) is 12.1 Å². The van der Waals surface area contributed by atoms with Crippen LogP contribution in [0.5, 0.6) is 0 Å². The molecular weight excluding hydrogens is 273 g/mol. The molecule has 3 rings (SSSR count). The van der Waals surface area contributed by atoms with Crippen LogP contribution in [-0.4, -0.2) is 10.4 Å². The second-order valence-corrected chi connectivity index (χ2v) is 4.82. The molecule has 0 saturated heterocycles. The maximum Gasteiger partial charge on any atom is 0.420 e. The summed E-state index contributed by atoms with van der Waals surface area (Å²) in [5.74, 6) is -0.986. The van der Waals surface area contributed by atoms with Crippen LogP contribution in [0.4, 0.5) is 4.39 Å². The van der Waals surface area contributed by atoms with Crippen molar-refractivity contribution in [3.63, 3.8) is 0 Å². The zero-order chi connectivity index (χ0) is 15.0. The van der Waals surface area contributed by atoms with Crippen LogP contribution in [-0.2, 0) is 6.54 Å². The molecule has 5 heteroatoms. The molecular formula is C16H12FNO3. The predicted molar refractivity (Wildman–Crippen MR) is 76.0 cm³/mol. The molecule has 0 amide bonds. The Morgan fingerprint density at radius 2 is 2.05 bits per heavy atom. The molecule has 0 atom stereocenters. The second kappa shape index (κ2) is 5.01. The minimum absolute atomic E-state index is 0.0996. The largest absolute Gasteiger partial charge is 0.420 e. The number of rotatable bonds is 3. The quantitative estimate of drug-likeness (QED) is 0.695. The summed E-state index contributed by atoms with van der Waals surface area (Å²) in [6, 6.07) is 10.9. The normalized spacial score (nSPS) is 11.0. The molecule has 3 aromatic rings. The van der Waals surface area contributed by atoms with Crippen molar-refractivity contribution in [2.45, 2.75) is 13.5 Å². The van der Waals surface area contributed by atoms with Crippen LogP contribution in [0.25, 0.3) is 11.1 Å². The Kier molecular flexibility index (Phi) is 3.17. The van der Waals surface area contributed by atoms with Gasteiger partial charge in [0.25, 0.3) is 0 Å². The number of aromatic nitrogens is 1. The van der Waals surface area contributed by atoms with Gasteiger partial charge in [-0.15, -0.1) is 0 Å². The highest BCUT2D eigenvalue weighted by Crippen LogP contribution is 2.17. The zero-order valence-corrected chi connectivity index (χ0v) is 11.3. The summed E-state index contributed by atoms with van der Waals surface area (Å²) in [5.41, 5.74) is 2.07. The van der Waals surface area contributed by atoms with Gasteiger partial charge in [0.1, 0.15) is 5.82 Å². The molecule has 0 aliphatic carbocycles. The van der Waals surface area contributed by atoms with Gasteiger partial charge in [-0.05, 0) is 42.8 Å². The highest BCUT2D eigenvalue weighted by Gasteiger charge is 2.11. The molecule has 21 heavy (non-hydrogen) atoms. The summed E-state index contributed by atoms with van der Waals surface area (Å²) in [5, 5.41) is 0. The summed E-state index contributed by atoms with van der Waals surface area (Å²) in [4.78, 5) is 23.3. The predicted octanol–water partition coefficient (Wildman–Crippen LogP) is 2.98. The topological polar surface area (TPSA) is 52.2 Å². The molecule has 4 nitrogen and oxygen atoms in total. The Hall–Kier alpha value is -2.69. The Morgan fingerprint density at radius 3 is 2.76 bits per heavy atom. The first-order chi connectivity index (χ1) is 10.0. The molecule has 106 valence electrons. The van der Waals surface area contributed by atoms with Crippen molar-refractivity contribution in [2.24, 2.45) is 0 Å². The Morgan fingerprint density at radius 1 is 1.24 bits per heavy atom. The summed E-state index contributed by atoms with van der Waals surface area (Å²) >= 11 is 0. The summed E-state index contributed by atoms with van der Waals surface area (Å²) < 4.78 is 19.8. The third kappa shape index (κ3) is 2.50. The van der Waals surface area contributed by atoms with Gasteiger partial charge in [-0.1, -0.05) is 12.1 Å². The molecule has 0 unspecified atom stereocenters. The molecule has 0 N–H and O–H groups in total. The summed E-state index contributed by atoms with van der Waals surface area (Å²) in [6.45, 7) is 1.66. The van der Waals surface area contributed by atoms with E-state index >= 15 is 0 Å². The lowest BCUT2D eigenvalue weighted by atomic mass is 10.1. The van der Waals surface area contributed by atoms with E-state index in [9.17, 15) is 14.0 Å². The van der Waals surface area contributed by atoms with E-state index in [1.54, 1.807) is 30.3 Å². The van der Waals surface area contributed by atoms with E-state index in [0.29, 0.717) is 22.2 Å². The van der Waals surface area contributed by atoms with Crippen molar-refractivity contribution < 1.29 is 13.6 Å². The highest BCUT2D eigenvalue weighted by molar-refractivity contribution is 5.96. The van der Waals surface area contributed by atoms with Crippen molar-refractivity contribution >= 4 is 16.9 Å². The molecule has 0 aliphatic rings. The van der Waals surface area contributed by atoms with Crippen LogP contribution in [0.15, 0.2) is 51.7 Å². The number of hydrogen-bond acceptors (Lipinski definition) is 3. The fraction of sp³-hybridized carbons (Fsp3) is 0.125. The lowest BCUT2D eigenvalue weighted by Gasteiger charge is -2.03. The Bertz CT molecular complexity index is 892. The Labute approximate surface area is 119 Å². The van der Waals surface area contributed by atoms with E-state index in [-0.39, 0.29) is 18.1 Å². The van der Waals surface area contributed by atoms with E-state index in [0.717, 1.165) is 0 Å². The van der Waals surface area contributed by atoms with Gasteiger partial charge in [0.15, 0.2) is 11.4 Å². The molecule has 0 aliphatic heterocycles. The van der Waals surface area contributed by atoms with Gasteiger partial charge in [-0.2, -0.15) is 0 Å². The van der Waals surface area contributed by atoms with Crippen LogP contribution in [0.3, 0.4) is 0 Å². The van der Waals surface area contributed by atoms with Crippen molar-refractivity contribution in [1.29, 1.82) is 0 Å². The first-order valence-electron chi connectivity index (χ1n) is 6.43. The van der Waals surface area contributed by atoms with E-state index in [1.807, 2.05) is 0 Å². The first-order valence-corrected chi connectivity index (χ1v) is 6.43. The highest BCUT2D eigenvalue weighted by atomic mass is 19.1. The van der Waals surface area contributed by atoms with Gasteiger partial charge in [0.2, 0.25) is 0 Å². The molecule has 0 saturated carbocycles. The molecule has 1 aromatic heterocycles. The average molecular weight is 285 g/mol. The van der Waals surface area contributed by atoms with Crippen LogP contribution in [0.1, 0.15) is 22.8 Å². The number of Topliss-reactive ketones (excluding diaryl/α,β-unsaturated/α-hetero) is 1. The number of hydrogen-bond donors (Lipinski definition) is 0. The van der Waals surface area contributed by atoms with E-state index in [4.69, 9.17) is 4.42 Å². The number of carbonyl (C=O) groups is 1.